The summed E-state index contributed by atoms with van der Waals surface area (Å²) >= 11 is 0. The van der Waals surface area contributed by atoms with Gasteiger partial charge < -0.3 is 5.11 Å². The van der Waals surface area contributed by atoms with E-state index in [1.807, 2.05) is 31.2 Å². The van der Waals surface area contributed by atoms with Gasteiger partial charge in [0.2, 0.25) is 0 Å². The molecule has 17 heavy (non-hydrogen) atoms. The Bertz CT molecular complexity index is 401. The summed E-state index contributed by atoms with van der Waals surface area (Å²) < 4.78 is 0. The van der Waals surface area contributed by atoms with Crippen LogP contribution in [0, 0.1) is 12.8 Å². The molecule has 0 bridgehead atoms. The average molecular weight is 235 g/mol. The Morgan fingerprint density at radius 1 is 1.41 bits per heavy atom. The molecule has 2 N–H and O–H groups in total. The van der Waals surface area contributed by atoms with Crippen LogP contribution in [0.4, 0.5) is 0 Å². The molecule has 0 heterocycles. The number of benzene rings is 1. The van der Waals surface area contributed by atoms with E-state index in [9.17, 15) is 9.90 Å². The number of carbonyl (C=O) groups is 1. The molecule has 0 aliphatic carbocycles. The zero-order valence-corrected chi connectivity index (χ0v) is 10.9. The number of aliphatic carboxylic acids is 1. The number of hydrogen-bond donors (Lipinski definition) is 2. The smallest absolute Gasteiger partial charge is 0.328 e. The van der Waals surface area contributed by atoms with Gasteiger partial charge in [0, 0.05) is 0 Å². The highest BCUT2D eigenvalue weighted by molar-refractivity contribution is 5.80. The van der Waals surface area contributed by atoms with E-state index >= 15 is 0 Å². The minimum Gasteiger partial charge on any atom is -0.480 e. The number of nitrogens with one attached hydrogen (secondary N) is 1. The molecule has 0 fully saturated rings. The van der Waals surface area contributed by atoms with Gasteiger partial charge in [-0.15, -0.1) is 0 Å². The van der Waals surface area contributed by atoms with Gasteiger partial charge in [0.1, 0.15) is 5.54 Å². The van der Waals surface area contributed by atoms with Gasteiger partial charge in [-0.2, -0.15) is 0 Å². The lowest BCUT2D eigenvalue weighted by atomic mass is 9.88. The summed E-state index contributed by atoms with van der Waals surface area (Å²) in [6, 6.07) is 7.61. The van der Waals surface area contributed by atoms with Crippen LogP contribution in [0.15, 0.2) is 24.3 Å². The van der Waals surface area contributed by atoms with E-state index in [2.05, 4.69) is 19.2 Å². The zero-order valence-electron chi connectivity index (χ0n) is 10.9. The molecule has 0 aliphatic rings. The second kappa shape index (κ2) is 5.32. The van der Waals surface area contributed by atoms with Crippen LogP contribution in [0.1, 0.15) is 31.9 Å². The standard InChI is InChI=1S/C14H21NO2/c1-10(2)9-15-14(4,13(16)17)12-8-6-5-7-11(12)3/h5-8,10,15H,9H2,1-4H3,(H,16,17). The van der Waals surface area contributed by atoms with E-state index in [1.54, 1.807) is 6.92 Å². The van der Waals surface area contributed by atoms with Crippen molar-refractivity contribution in [2.75, 3.05) is 6.54 Å². The molecule has 1 unspecified atom stereocenters. The lowest BCUT2D eigenvalue weighted by Crippen LogP contribution is -2.48. The number of aryl methyl sites for hydroxylation is 1. The molecule has 3 heteroatoms. The van der Waals surface area contributed by atoms with Crippen molar-refractivity contribution in [3.8, 4) is 0 Å². The summed E-state index contributed by atoms with van der Waals surface area (Å²) in [7, 11) is 0. The molecule has 1 aromatic rings. The predicted octanol–water partition coefficient (Wildman–Crippen LogP) is 2.54. The normalized spacial score (nSPS) is 14.6. The van der Waals surface area contributed by atoms with Crippen LogP contribution in [0.5, 0.6) is 0 Å². The first-order chi connectivity index (χ1) is 7.88. The molecular formula is C14H21NO2. The molecule has 0 amide bonds. The van der Waals surface area contributed by atoms with E-state index in [-0.39, 0.29) is 0 Å². The van der Waals surface area contributed by atoms with Crippen molar-refractivity contribution in [3.05, 3.63) is 35.4 Å². The lowest BCUT2D eigenvalue weighted by Gasteiger charge is -2.29. The molecule has 0 saturated carbocycles. The molecule has 3 nitrogen and oxygen atoms in total. The fourth-order valence-electron chi connectivity index (χ4n) is 1.83. The molecule has 1 aromatic carbocycles. The molecule has 94 valence electrons. The second-order valence-electron chi connectivity index (χ2n) is 5.02. The van der Waals surface area contributed by atoms with Crippen molar-refractivity contribution in [1.29, 1.82) is 0 Å². The van der Waals surface area contributed by atoms with Crippen LogP contribution >= 0.6 is 0 Å². The summed E-state index contributed by atoms with van der Waals surface area (Å²) in [6.07, 6.45) is 0. The van der Waals surface area contributed by atoms with Crippen LogP contribution in [-0.2, 0) is 10.3 Å². The van der Waals surface area contributed by atoms with Crippen molar-refractivity contribution in [3.63, 3.8) is 0 Å². The van der Waals surface area contributed by atoms with Gasteiger partial charge >= 0.3 is 5.97 Å². The SMILES string of the molecule is Cc1ccccc1C(C)(NCC(C)C)C(=O)O. The van der Waals surface area contributed by atoms with Crippen LogP contribution in [-0.4, -0.2) is 17.6 Å². The number of carboxylic acids is 1. The fourth-order valence-corrected chi connectivity index (χ4v) is 1.83. The first-order valence-corrected chi connectivity index (χ1v) is 5.92. The summed E-state index contributed by atoms with van der Waals surface area (Å²) in [5.41, 5.74) is 0.803. The number of carboxylic acid groups (broad SMARTS) is 1. The maximum absolute atomic E-state index is 11.5. The minimum absolute atomic E-state index is 0.415. The average Bonchev–Trinajstić information content (AvgIpc) is 2.26. The Morgan fingerprint density at radius 3 is 2.47 bits per heavy atom. The highest BCUT2D eigenvalue weighted by Crippen LogP contribution is 2.24. The highest BCUT2D eigenvalue weighted by Gasteiger charge is 2.35. The third kappa shape index (κ3) is 3.07. The van der Waals surface area contributed by atoms with E-state index in [4.69, 9.17) is 0 Å². The van der Waals surface area contributed by atoms with Crippen molar-refractivity contribution in [1.82, 2.24) is 5.32 Å². The molecule has 0 aromatic heterocycles. The molecule has 1 rings (SSSR count). The Kier molecular flexibility index (Phi) is 4.29. The topological polar surface area (TPSA) is 49.3 Å². The summed E-state index contributed by atoms with van der Waals surface area (Å²) in [5, 5.41) is 12.6. The monoisotopic (exact) mass is 235 g/mol. The molecule has 0 saturated heterocycles. The summed E-state index contributed by atoms with van der Waals surface area (Å²) in [4.78, 5) is 11.5. The number of rotatable bonds is 5. The van der Waals surface area contributed by atoms with E-state index in [1.165, 1.54) is 0 Å². The Labute approximate surface area is 103 Å². The second-order valence-corrected chi connectivity index (χ2v) is 5.02. The minimum atomic E-state index is -1.02. The summed E-state index contributed by atoms with van der Waals surface area (Å²) in [5.74, 6) is -0.426. The van der Waals surface area contributed by atoms with Gasteiger partial charge in [-0.05, 0) is 37.4 Å². The Hall–Kier alpha value is -1.35. The summed E-state index contributed by atoms with van der Waals surface area (Å²) in [6.45, 7) is 8.46. The van der Waals surface area contributed by atoms with Gasteiger partial charge in [0.15, 0.2) is 0 Å². The van der Waals surface area contributed by atoms with Gasteiger partial charge in [-0.3, -0.25) is 5.32 Å². The molecular weight excluding hydrogens is 214 g/mol. The van der Waals surface area contributed by atoms with Gasteiger partial charge in [0.25, 0.3) is 0 Å². The third-order valence-corrected chi connectivity index (χ3v) is 2.98. The first kappa shape index (κ1) is 13.7. The fraction of sp³-hybridized carbons (Fsp3) is 0.500. The molecule has 0 radical (unpaired) electrons. The molecule has 0 aliphatic heterocycles. The van der Waals surface area contributed by atoms with Crippen molar-refractivity contribution in [2.24, 2.45) is 5.92 Å². The Balaban J connectivity index is 3.08. The predicted molar refractivity (Wildman–Crippen MR) is 69.0 cm³/mol. The third-order valence-electron chi connectivity index (χ3n) is 2.98. The van der Waals surface area contributed by atoms with Crippen molar-refractivity contribution >= 4 is 5.97 Å². The van der Waals surface area contributed by atoms with E-state index < -0.39 is 11.5 Å². The lowest BCUT2D eigenvalue weighted by molar-refractivity contribution is -0.144. The maximum Gasteiger partial charge on any atom is 0.328 e. The highest BCUT2D eigenvalue weighted by atomic mass is 16.4. The zero-order chi connectivity index (χ0) is 13.1. The van der Waals surface area contributed by atoms with Gasteiger partial charge in [-0.25, -0.2) is 4.79 Å². The quantitative estimate of drug-likeness (QED) is 0.824. The van der Waals surface area contributed by atoms with Crippen LogP contribution in [0.2, 0.25) is 0 Å². The maximum atomic E-state index is 11.5. The van der Waals surface area contributed by atoms with Gasteiger partial charge in [0.05, 0.1) is 0 Å². The largest absolute Gasteiger partial charge is 0.480 e. The molecule has 1 atom stereocenters. The van der Waals surface area contributed by atoms with E-state index in [0.717, 1.165) is 11.1 Å². The Morgan fingerprint density at radius 2 is 2.00 bits per heavy atom. The van der Waals surface area contributed by atoms with Gasteiger partial charge in [-0.1, -0.05) is 38.1 Å². The van der Waals surface area contributed by atoms with Crippen molar-refractivity contribution in [2.45, 2.75) is 33.2 Å². The number of hydrogen-bond acceptors (Lipinski definition) is 2. The van der Waals surface area contributed by atoms with Crippen LogP contribution < -0.4 is 5.32 Å². The van der Waals surface area contributed by atoms with Crippen molar-refractivity contribution < 1.29 is 9.90 Å². The molecule has 0 spiro atoms. The van der Waals surface area contributed by atoms with Crippen LogP contribution in [0.25, 0.3) is 0 Å². The van der Waals surface area contributed by atoms with E-state index in [0.29, 0.717) is 12.5 Å². The van der Waals surface area contributed by atoms with Crippen LogP contribution in [0.3, 0.4) is 0 Å². The first-order valence-electron chi connectivity index (χ1n) is 5.92.